The van der Waals surface area contributed by atoms with Gasteiger partial charge in [-0.15, -0.1) is 0 Å². The monoisotopic (exact) mass is 302 g/mol. The van der Waals surface area contributed by atoms with Crippen LogP contribution in [0.2, 0.25) is 0 Å². The summed E-state index contributed by atoms with van der Waals surface area (Å²) >= 11 is 0. The first kappa shape index (κ1) is 16.6. The summed E-state index contributed by atoms with van der Waals surface area (Å²) in [5, 5.41) is 7.59. The Bertz CT molecular complexity index is 612. The lowest BCUT2D eigenvalue weighted by Crippen LogP contribution is -2.26. The van der Waals surface area contributed by atoms with Crippen LogP contribution in [-0.2, 0) is 10.0 Å². The summed E-state index contributed by atoms with van der Waals surface area (Å²) in [7, 11) is -4.20. The van der Waals surface area contributed by atoms with Gasteiger partial charge in [-0.1, -0.05) is 13.8 Å². The summed E-state index contributed by atoms with van der Waals surface area (Å²) in [6.07, 6.45) is 0.800. The number of carbonyl (C=O) groups is 1. The van der Waals surface area contributed by atoms with E-state index in [4.69, 9.17) is 5.14 Å². The van der Waals surface area contributed by atoms with Crippen molar-refractivity contribution < 1.29 is 17.6 Å². The van der Waals surface area contributed by atoms with Crippen LogP contribution in [0.5, 0.6) is 0 Å². The van der Waals surface area contributed by atoms with Gasteiger partial charge in [-0.2, -0.15) is 0 Å². The number of aryl methyl sites for hydroxylation is 1. The quantitative estimate of drug-likeness (QED) is 0.865. The third-order valence-electron chi connectivity index (χ3n) is 2.80. The van der Waals surface area contributed by atoms with Crippen molar-refractivity contribution in [2.24, 2.45) is 11.1 Å². The molecule has 0 bridgehead atoms. The van der Waals surface area contributed by atoms with Crippen molar-refractivity contribution in [2.45, 2.75) is 32.1 Å². The van der Waals surface area contributed by atoms with Crippen LogP contribution in [0.1, 0.15) is 36.2 Å². The number of sulfonamides is 1. The largest absolute Gasteiger partial charge is 0.352 e. The van der Waals surface area contributed by atoms with Crippen LogP contribution in [0, 0.1) is 18.7 Å². The molecule has 3 N–H and O–H groups in total. The van der Waals surface area contributed by atoms with Gasteiger partial charge in [-0.3, -0.25) is 4.79 Å². The van der Waals surface area contributed by atoms with E-state index in [2.05, 4.69) is 5.32 Å². The van der Waals surface area contributed by atoms with Gasteiger partial charge in [0.15, 0.2) is 0 Å². The molecular weight excluding hydrogens is 283 g/mol. The number of nitrogens with one attached hydrogen (secondary N) is 1. The highest BCUT2D eigenvalue weighted by Gasteiger charge is 2.19. The fourth-order valence-corrected chi connectivity index (χ4v) is 2.35. The van der Waals surface area contributed by atoms with Crippen molar-refractivity contribution in [1.82, 2.24) is 5.32 Å². The number of hydrogen-bond acceptors (Lipinski definition) is 3. The number of nitrogens with two attached hydrogens (primary N) is 1. The Morgan fingerprint density at radius 2 is 2.00 bits per heavy atom. The van der Waals surface area contributed by atoms with Crippen molar-refractivity contribution >= 4 is 15.9 Å². The molecule has 1 rings (SSSR count). The summed E-state index contributed by atoms with van der Waals surface area (Å²) in [5.74, 6) is -0.935. The number of rotatable bonds is 5. The molecule has 0 heterocycles. The van der Waals surface area contributed by atoms with E-state index in [1.807, 2.05) is 13.8 Å². The number of amides is 1. The molecule has 1 aromatic carbocycles. The van der Waals surface area contributed by atoms with Crippen LogP contribution in [0.15, 0.2) is 17.0 Å². The second-order valence-electron chi connectivity index (χ2n) is 5.09. The van der Waals surface area contributed by atoms with E-state index in [0.29, 0.717) is 12.5 Å². The Hall–Kier alpha value is -1.47. The molecular formula is C13H19FN2O3S. The summed E-state index contributed by atoms with van der Waals surface area (Å²) < 4.78 is 36.3. The predicted octanol–water partition coefficient (Wildman–Crippen LogP) is 1.56. The molecule has 0 atom stereocenters. The van der Waals surface area contributed by atoms with Crippen LogP contribution >= 0.6 is 0 Å². The van der Waals surface area contributed by atoms with E-state index >= 15 is 0 Å². The minimum absolute atomic E-state index is 0.0607. The molecule has 0 aliphatic rings. The van der Waals surface area contributed by atoms with Crippen molar-refractivity contribution in [3.8, 4) is 0 Å². The summed E-state index contributed by atoms with van der Waals surface area (Å²) in [6, 6.07) is 2.26. The smallest absolute Gasteiger partial charge is 0.251 e. The molecule has 1 aromatic rings. The molecule has 0 aromatic heterocycles. The molecule has 0 radical (unpaired) electrons. The van der Waals surface area contributed by atoms with Gasteiger partial charge in [-0.05, 0) is 37.0 Å². The Kier molecular flexibility index (Phi) is 5.24. The zero-order chi connectivity index (χ0) is 15.5. The Labute approximate surface area is 118 Å². The normalized spacial score (nSPS) is 11.7. The molecule has 0 saturated heterocycles. The SMILES string of the molecule is Cc1cc(C(=O)NCCC(C)C)cc(S(N)(=O)=O)c1F. The maximum Gasteiger partial charge on any atom is 0.251 e. The fourth-order valence-electron chi connectivity index (χ4n) is 1.65. The van der Waals surface area contributed by atoms with E-state index in [0.717, 1.165) is 12.5 Å². The molecule has 0 aliphatic carbocycles. The van der Waals surface area contributed by atoms with Crippen LogP contribution in [0.4, 0.5) is 4.39 Å². The zero-order valence-corrected chi connectivity index (χ0v) is 12.6. The van der Waals surface area contributed by atoms with E-state index in [1.54, 1.807) is 0 Å². The van der Waals surface area contributed by atoms with Crippen molar-refractivity contribution in [3.63, 3.8) is 0 Å². The van der Waals surface area contributed by atoms with Gasteiger partial charge in [0.1, 0.15) is 10.7 Å². The molecule has 20 heavy (non-hydrogen) atoms. The standard InChI is InChI=1S/C13H19FN2O3S/c1-8(2)4-5-16-13(17)10-6-9(3)12(14)11(7-10)20(15,18)19/h6-8H,4-5H2,1-3H3,(H,16,17)(H2,15,18,19). The van der Waals surface area contributed by atoms with Gasteiger partial charge in [0.05, 0.1) is 0 Å². The number of carbonyl (C=O) groups excluding carboxylic acids is 1. The molecule has 0 fully saturated rings. The lowest BCUT2D eigenvalue weighted by molar-refractivity contribution is 0.0951. The number of hydrogen-bond donors (Lipinski definition) is 2. The number of benzene rings is 1. The highest BCUT2D eigenvalue weighted by atomic mass is 32.2. The third kappa shape index (κ3) is 4.28. The molecule has 0 unspecified atom stereocenters. The Morgan fingerprint density at radius 3 is 2.50 bits per heavy atom. The second-order valence-corrected chi connectivity index (χ2v) is 6.62. The van der Waals surface area contributed by atoms with E-state index in [9.17, 15) is 17.6 Å². The molecule has 7 heteroatoms. The first-order valence-corrected chi connectivity index (χ1v) is 7.78. The van der Waals surface area contributed by atoms with Crippen LogP contribution < -0.4 is 10.5 Å². The number of primary sulfonamides is 1. The van der Waals surface area contributed by atoms with Gasteiger partial charge >= 0.3 is 0 Å². The van der Waals surface area contributed by atoms with Gasteiger partial charge in [0.2, 0.25) is 10.0 Å². The number of halogens is 1. The minimum atomic E-state index is -4.20. The highest BCUT2D eigenvalue weighted by molar-refractivity contribution is 7.89. The lowest BCUT2D eigenvalue weighted by atomic mass is 10.1. The average molecular weight is 302 g/mol. The topological polar surface area (TPSA) is 89.3 Å². The molecule has 1 amide bonds. The van der Waals surface area contributed by atoms with Crippen molar-refractivity contribution in [2.75, 3.05) is 6.54 Å². The van der Waals surface area contributed by atoms with Gasteiger partial charge in [0, 0.05) is 12.1 Å². The van der Waals surface area contributed by atoms with Gasteiger partial charge in [-0.25, -0.2) is 17.9 Å². The first-order valence-electron chi connectivity index (χ1n) is 6.24. The maximum absolute atomic E-state index is 13.7. The molecule has 0 aliphatic heterocycles. The van der Waals surface area contributed by atoms with E-state index < -0.39 is 26.6 Å². The van der Waals surface area contributed by atoms with Crippen LogP contribution in [0.3, 0.4) is 0 Å². The first-order chi connectivity index (χ1) is 9.12. The highest BCUT2D eigenvalue weighted by Crippen LogP contribution is 2.19. The summed E-state index contributed by atoms with van der Waals surface area (Å²) in [5.41, 5.74) is 0.141. The average Bonchev–Trinajstić information content (AvgIpc) is 2.30. The fraction of sp³-hybridized carbons (Fsp3) is 0.462. The molecule has 5 nitrogen and oxygen atoms in total. The van der Waals surface area contributed by atoms with Gasteiger partial charge in [0.25, 0.3) is 5.91 Å². The predicted molar refractivity (Wildman–Crippen MR) is 74.3 cm³/mol. The maximum atomic E-state index is 13.7. The molecule has 0 saturated carbocycles. The third-order valence-corrected chi connectivity index (χ3v) is 3.71. The Balaban J connectivity index is 3.03. The Morgan fingerprint density at radius 1 is 1.40 bits per heavy atom. The molecule has 0 spiro atoms. The van der Waals surface area contributed by atoms with Crippen LogP contribution in [0.25, 0.3) is 0 Å². The van der Waals surface area contributed by atoms with E-state index in [-0.39, 0.29) is 11.1 Å². The summed E-state index contributed by atoms with van der Waals surface area (Å²) in [4.78, 5) is 11.2. The van der Waals surface area contributed by atoms with Gasteiger partial charge < -0.3 is 5.32 Å². The minimum Gasteiger partial charge on any atom is -0.352 e. The zero-order valence-electron chi connectivity index (χ0n) is 11.7. The van der Waals surface area contributed by atoms with E-state index in [1.165, 1.54) is 13.0 Å². The van der Waals surface area contributed by atoms with Crippen LogP contribution in [-0.4, -0.2) is 20.9 Å². The van der Waals surface area contributed by atoms with Crippen molar-refractivity contribution in [1.29, 1.82) is 0 Å². The second kappa shape index (κ2) is 6.32. The molecule has 112 valence electrons. The lowest BCUT2D eigenvalue weighted by Gasteiger charge is -2.10. The van der Waals surface area contributed by atoms with Crippen molar-refractivity contribution in [3.05, 3.63) is 29.1 Å². The summed E-state index contributed by atoms with van der Waals surface area (Å²) in [6.45, 7) is 5.90.